The Bertz CT molecular complexity index is 739. The Balaban J connectivity index is 1.64. The van der Waals surface area contributed by atoms with Crippen molar-refractivity contribution < 1.29 is 14.6 Å². The standard InChI is InChI=1S/C25H36O3/c1-15(2)7-6-8-16(3)17-11-12-24(4)13-20-22-18(9-10-19(17)24)23(26)28-21(22)14-25(20,5)27/h6-9,16-17,19-22,27H,10-14H2,1-5H3. The lowest BCUT2D eigenvalue weighted by atomic mass is 9.63. The predicted molar refractivity (Wildman–Crippen MR) is 111 cm³/mol. The zero-order valence-electron chi connectivity index (χ0n) is 18.1. The molecule has 0 aromatic carbocycles. The smallest absolute Gasteiger partial charge is 0.334 e. The van der Waals surface area contributed by atoms with Gasteiger partial charge in [0.25, 0.3) is 0 Å². The second kappa shape index (κ2) is 6.86. The van der Waals surface area contributed by atoms with Gasteiger partial charge in [0, 0.05) is 17.9 Å². The highest BCUT2D eigenvalue weighted by molar-refractivity contribution is 5.92. The predicted octanol–water partition coefficient (Wildman–Crippen LogP) is 5.21. The van der Waals surface area contributed by atoms with Gasteiger partial charge in [0.1, 0.15) is 6.10 Å². The van der Waals surface area contributed by atoms with Crippen LogP contribution in [0.1, 0.15) is 66.7 Å². The molecule has 1 N–H and O–H groups in total. The van der Waals surface area contributed by atoms with E-state index in [1.807, 2.05) is 6.92 Å². The molecule has 1 saturated heterocycles. The molecule has 3 aliphatic carbocycles. The van der Waals surface area contributed by atoms with E-state index in [4.69, 9.17) is 4.74 Å². The van der Waals surface area contributed by atoms with E-state index in [1.54, 1.807) is 0 Å². The molecule has 2 saturated carbocycles. The average Bonchev–Trinajstić information content (AvgIpc) is 3.12. The van der Waals surface area contributed by atoms with Crippen molar-refractivity contribution in [1.82, 2.24) is 0 Å². The van der Waals surface area contributed by atoms with Crippen molar-refractivity contribution in [2.75, 3.05) is 0 Å². The summed E-state index contributed by atoms with van der Waals surface area (Å²) in [6, 6.07) is 0. The van der Waals surface area contributed by atoms with Crippen LogP contribution in [0.2, 0.25) is 0 Å². The number of carbonyl (C=O) groups is 1. The minimum absolute atomic E-state index is 0.0920. The Kier molecular flexibility index (Phi) is 4.89. The zero-order valence-corrected chi connectivity index (χ0v) is 18.1. The molecule has 8 unspecified atom stereocenters. The summed E-state index contributed by atoms with van der Waals surface area (Å²) < 4.78 is 5.67. The molecular weight excluding hydrogens is 348 g/mol. The van der Waals surface area contributed by atoms with Crippen LogP contribution in [0.3, 0.4) is 0 Å². The van der Waals surface area contributed by atoms with Gasteiger partial charge in [-0.3, -0.25) is 0 Å². The first-order valence-electron chi connectivity index (χ1n) is 11.1. The number of rotatable bonds is 3. The second-order valence-electron chi connectivity index (χ2n) is 10.7. The van der Waals surface area contributed by atoms with Gasteiger partial charge >= 0.3 is 5.97 Å². The first-order chi connectivity index (χ1) is 13.1. The van der Waals surface area contributed by atoms with Gasteiger partial charge < -0.3 is 9.84 Å². The van der Waals surface area contributed by atoms with Gasteiger partial charge in [0.2, 0.25) is 0 Å². The number of hydrogen-bond donors (Lipinski definition) is 1. The lowest BCUT2D eigenvalue weighted by molar-refractivity contribution is -0.140. The summed E-state index contributed by atoms with van der Waals surface area (Å²) in [5.41, 5.74) is 1.65. The molecule has 3 fully saturated rings. The van der Waals surface area contributed by atoms with Gasteiger partial charge in [-0.1, -0.05) is 43.7 Å². The third kappa shape index (κ3) is 3.20. The third-order valence-electron chi connectivity index (χ3n) is 8.36. The molecule has 154 valence electrons. The van der Waals surface area contributed by atoms with Crippen molar-refractivity contribution in [3.8, 4) is 0 Å². The van der Waals surface area contributed by atoms with E-state index < -0.39 is 5.60 Å². The van der Waals surface area contributed by atoms with Crippen LogP contribution < -0.4 is 0 Å². The van der Waals surface area contributed by atoms with Crippen LogP contribution in [0.4, 0.5) is 0 Å². The molecule has 8 atom stereocenters. The van der Waals surface area contributed by atoms with E-state index in [1.165, 1.54) is 18.4 Å². The van der Waals surface area contributed by atoms with Gasteiger partial charge in [-0.2, -0.15) is 0 Å². The number of allylic oxidation sites excluding steroid dienone is 5. The van der Waals surface area contributed by atoms with Crippen LogP contribution in [0, 0.1) is 35.0 Å². The molecule has 4 aliphatic rings. The molecule has 1 heterocycles. The van der Waals surface area contributed by atoms with E-state index in [0.717, 1.165) is 18.4 Å². The first-order valence-corrected chi connectivity index (χ1v) is 11.1. The summed E-state index contributed by atoms with van der Waals surface area (Å²) in [5, 5.41) is 11.2. The van der Waals surface area contributed by atoms with Crippen LogP contribution in [-0.4, -0.2) is 22.8 Å². The van der Waals surface area contributed by atoms with Crippen molar-refractivity contribution in [3.63, 3.8) is 0 Å². The molecule has 0 bridgehead atoms. The second-order valence-corrected chi connectivity index (χ2v) is 10.7. The fourth-order valence-corrected chi connectivity index (χ4v) is 6.84. The highest BCUT2D eigenvalue weighted by atomic mass is 16.6. The fraction of sp³-hybridized carbons (Fsp3) is 0.720. The molecule has 4 rings (SSSR count). The quantitative estimate of drug-likeness (QED) is 0.537. The van der Waals surface area contributed by atoms with Crippen molar-refractivity contribution in [1.29, 1.82) is 0 Å². The number of ether oxygens (including phenoxy) is 1. The normalized spacial score (nSPS) is 45.7. The molecular formula is C25H36O3. The van der Waals surface area contributed by atoms with Crippen LogP contribution in [0.25, 0.3) is 0 Å². The summed E-state index contributed by atoms with van der Waals surface area (Å²) >= 11 is 0. The summed E-state index contributed by atoms with van der Waals surface area (Å²) in [6.07, 6.45) is 13.8. The topological polar surface area (TPSA) is 46.5 Å². The Morgan fingerprint density at radius 2 is 2.04 bits per heavy atom. The minimum Gasteiger partial charge on any atom is -0.458 e. The SMILES string of the molecule is CC(C)=CC=CC(C)C1CCC2(C)CC3C4C(=CCC12)C(=O)OC4CC3(C)O. The van der Waals surface area contributed by atoms with E-state index in [0.29, 0.717) is 24.2 Å². The van der Waals surface area contributed by atoms with Crippen LogP contribution in [0.5, 0.6) is 0 Å². The maximum absolute atomic E-state index is 12.5. The number of aliphatic hydroxyl groups is 1. The Labute approximate surface area is 169 Å². The maximum atomic E-state index is 12.5. The molecule has 3 nitrogen and oxygen atoms in total. The Morgan fingerprint density at radius 3 is 2.75 bits per heavy atom. The highest BCUT2D eigenvalue weighted by Gasteiger charge is 2.61. The Hall–Kier alpha value is -1.35. The molecule has 0 spiro atoms. The van der Waals surface area contributed by atoms with E-state index >= 15 is 0 Å². The van der Waals surface area contributed by atoms with Gasteiger partial charge in [-0.15, -0.1) is 0 Å². The highest BCUT2D eigenvalue weighted by Crippen LogP contribution is 2.61. The first kappa shape index (κ1) is 19.9. The molecule has 0 radical (unpaired) electrons. The van der Waals surface area contributed by atoms with Crippen molar-refractivity contribution in [2.45, 2.75) is 78.4 Å². The van der Waals surface area contributed by atoms with Crippen molar-refractivity contribution in [3.05, 3.63) is 35.5 Å². The van der Waals surface area contributed by atoms with Gasteiger partial charge in [-0.05, 0) is 75.5 Å². The lowest BCUT2D eigenvalue weighted by Gasteiger charge is -2.42. The molecule has 0 amide bonds. The third-order valence-corrected chi connectivity index (χ3v) is 8.36. The van der Waals surface area contributed by atoms with Crippen molar-refractivity contribution >= 4 is 5.97 Å². The average molecular weight is 385 g/mol. The molecule has 0 aromatic rings. The summed E-state index contributed by atoms with van der Waals surface area (Å²) in [4.78, 5) is 12.5. The lowest BCUT2D eigenvalue weighted by Crippen LogP contribution is -2.40. The maximum Gasteiger partial charge on any atom is 0.334 e. The molecule has 1 aliphatic heterocycles. The summed E-state index contributed by atoms with van der Waals surface area (Å²) in [6.45, 7) is 11.0. The number of carbonyl (C=O) groups excluding carboxylic acids is 1. The molecule has 28 heavy (non-hydrogen) atoms. The minimum atomic E-state index is -0.743. The fourth-order valence-electron chi connectivity index (χ4n) is 6.84. The van der Waals surface area contributed by atoms with Crippen LogP contribution >= 0.6 is 0 Å². The molecule has 0 aromatic heterocycles. The largest absolute Gasteiger partial charge is 0.458 e. The van der Waals surface area contributed by atoms with E-state index in [-0.39, 0.29) is 29.3 Å². The van der Waals surface area contributed by atoms with Crippen LogP contribution in [0.15, 0.2) is 35.5 Å². The molecule has 3 heteroatoms. The summed E-state index contributed by atoms with van der Waals surface area (Å²) in [7, 11) is 0. The van der Waals surface area contributed by atoms with Crippen LogP contribution in [-0.2, 0) is 9.53 Å². The van der Waals surface area contributed by atoms with Crippen molar-refractivity contribution in [2.24, 2.45) is 35.0 Å². The Morgan fingerprint density at radius 1 is 1.29 bits per heavy atom. The van der Waals surface area contributed by atoms with E-state index in [9.17, 15) is 9.90 Å². The van der Waals surface area contributed by atoms with E-state index in [2.05, 4.69) is 52.0 Å². The monoisotopic (exact) mass is 384 g/mol. The number of esters is 1. The number of hydrogen-bond acceptors (Lipinski definition) is 3. The van der Waals surface area contributed by atoms with Gasteiger partial charge in [-0.25, -0.2) is 4.79 Å². The summed E-state index contributed by atoms with van der Waals surface area (Å²) in [5.74, 6) is 1.77. The van der Waals surface area contributed by atoms with Gasteiger partial charge in [0.15, 0.2) is 0 Å². The zero-order chi connectivity index (χ0) is 20.3. The van der Waals surface area contributed by atoms with Gasteiger partial charge in [0.05, 0.1) is 5.60 Å². The number of fused-ring (bicyclic) bond motifs is 1.